The highest BCUT2D eigenvalue weighted by Gasteiger charge is 2.41. The first-order chi connectivity index (χ1) is 17.8. The average Bonchev–Trinajstić information content (AvgIpc) is 3.72. The van der Waals surface area contributed by atoms with Crippen LogP contribution in [0.15, 0.2) is 60.7 Å². The van der Waals surface area contributed by atoms with Crippen molar-refractivity contribution < 1.29 is 9.53 Å². The Bertz CT molecular complexity index is 1250. The molecule has 4 bridgehead atoms. The van der Waals surface area contributed by atoms with Crippen molar-refractivity contribution in [3.63, 3.8) is 0 Å². The summed E-state index contributed by atoms with van der Waals surface area (Å²) in [5.41, 5.74) is 6.70. The smallest absolute Gasteiger partial charge is 0.150 e. The molecule has 36 heavy (non-hydrogen) atoms. The topological polar surface area (TPSA) is 32.8 Å². The molecule has 182 valence electrons. The summed E-state index contributed by atoms with van der Waals surface area (Å²) in [6.07, 6.45) is 11.5. The lowest BCUT2D eigenvalue weighted by molar-refractivity contribution is 0.112. The maximum Gasteiger partial charge on any atom is 0.150 e. The van der Waals surface area contributed by atoms with Crippen molar-refractivity contribution in [2.24, 2.45) is 0 Å². The molecule has 0 unspecified atom stereocenters. The second kappa shape index (κ2) is 7.86. The third-order valence-electron chi connectivity index (χ3n) is 9.77. The molecular formula is C32H32N2O2. The summed E-state index contributed by atoms with van der Waals surface area (Å²) in [6, 6.07) is 24.4. The van der Waals surface area contributed by atoms with Crippen LogP contribution in [0.1, 0.15) is 84.3 Å². The van der Waals surface area contributed by atoms with Crippen LogP contribution in [-0.2, 0) is 0 Å². The maximum absolute atomic E-state index is 12.1. The highest BCUT2D eigenvalue weighted by atomic mass is 16.5. The first-order valence-corrected chi connectivity index (χ1v) is 13.8. The van der Waals surface area contributed by atoms with Crippen molar-refractivity contribution in [2.45, 2.75) is 81.5 Å². The number of rotatable bonds is 4. The van der Waals surface area contributed by atoms with Crippen molar-refractivity contribution in [3.05, 3.63) is 82.9 Å². The summed E-state index contributed by atoms with van der Waals surface area (Å²) in [5, 5.41) is 0. The fourth-order valence-electron chi connectivity index (χ4n) is 8.19. The number of aldehydes is 1. The molecule has 0 N–H and O–H groups in total. The maximum atomic E-state index is 12.1. The summed E-state index contributed by atoms with van der Waals surface area (Å²) in [6.45, 7) is 0. The van der Waals surface area contributed by atoms with Gasteiger partial charge in [-0.15, -0.1) is 0 Å². The number of anilines is 2. The normalized spacial score (nSPS) is 29.3. The molecule has 4 heteroatoms. The number of hydrogen-bond acceptors (Lipinski definition) is 4. The third-order valence-corrected chi connectivity index (χ3v) is 9.77. The van der Waals surface area contributed by atoms with Crippen LogP contribution in [0.4, 0.5) is 11.4 Å². The molecule has 0 radical (unpaired) electrons. The number of carbonyl (C=O) groups is 1. The first kappa shape index (κ1) is 20.9. The molecule has 5 aliphatic rings. The highest BCUT2D eigenvalue weighted by molar-refractivity contribution is 5.80. The predicted molar refractivity (Wildman–Crippen MR) is 143 cm³/mol. The van der Waals surface area contributed by atoms with Crippen LogP contribution < -0.4 is 14.5 Å². The second-order valence-electron chi connectivity index (χ2n) is 11.5. The van der Waals surface area contributed by atoms with E-state index in [1.807, 2.05) is 18.2 Å². The van der Waals surface area contributed by atoms with Gasteiger partial charge in [-0.25, -0.2) is 0 Å². The number of ether oxygens (including phenoxy) is 1. The van der Waals surface area contributed by atoms with Gasteiger partial charge in [0.1, 0.15) is 17.8 Å². The molecule has 0 spiro atoms. The van der Waals surface area contributed by atoms with Gasteiger partial charge in [-0.1, -0.05) is 36.4 Å². The van der Waals surface area contributed by atoms with Crippen LogP contribution in [0.5, 0.6) is 11.5 Å². The van der Waals surface area contributed by atoms with Gasteiger partial charge in [-0.05, 0) is 69.1 Å². The molecule has 0 atom stereocenters. The summed E-state index contributed by atoms with van der Waals surface area (Å²) in [4.78, 5) is 17.4. The minimum atomic E-state index is -0.0150. The minimum Gasteiger partial charge on any atom is -0.457 e. The summed E-state index contributed by atoms with van der Waals surface area (Å²) >= 11 is 0. The van der Waals surface area contributed by atoms with E-state index in [2.05, 4.69) is 52.3 Å². The first-order valence-electron chi connectivity index (χ1n) is 13.8. The van der Waals surface area contributed by atoms with E-state index in [4.69, 9.17) is 4.74 Å². The van der Waals surface area contributed by atoms with Gasteiger partial charge >= 0.3 is 0 Å². The average molecular weight is 477 g/mol. The van der Waals surface area contributed by atoms with Gasteiger partial charge in [0, 0.05) is 70.3 Å². The quantitative estimate of drug-likeness (QED) is 0.296. The highest BCUT2D eigenvalue weighted by Crippen LogP contribution is 2.52. The summed E-state index contributed by atoms with van der Waals surface area (Å²) < 4.78 is 6.74. The zero-order valence-electron chi connectivity index (χ0n) is 20.6. The predicted octanol–water partition coefficient (Wildman–Crippen LogP) is 7.05. The molecule has 0 saturated carbocycles. The van der Waals surface area contributed by atoms with Gasteiger partial charge in [0.25, 0.3) is 0 Å². The fraction of sp³-hybridized carbons (Fsp3) is 0.406. The summed E-state index contributed by atoms with van der Waals surface area (Å²) in [7, 11) is 0. The van der Waals surface area contributed by atoms with Gasteiger partial charge in [-0.3, -0.25) is 4.79 Å². The Morgan fingerprint density at radius 3 is 1.56 bits per heavy atom. The SMILES string of the molecule is O=Cc1ccccc1C1c2ccc(N3C4CCC3CC4)cc2Oc2cc(N3C4CCC3CC4)ccc21. The fourth-order valence-corrected chi connectivity index (χ4v) is 8.19. The number of nitrogens with zero attached hydrogens (tertiary/aromatic N) is 2. The zero-order chi connectivity index (χ0) is 23.8. The van der Waals surface area contributed by atoms with E-state index in [9.17, 15) is 4.79 Å². The second-order valence-corrected chi connectivity index (χ2v) is 11.5. The number of fused-ring (bicyclic) bond motifs is 6. The molecule has 5 aliphatic heterocycles. The number of benzene rings is 3. The van der Waals surface area contributed by atoms with Crippen molar-refractivity contribution in [3.8, 4) is 11.5 Å². The molecule has 4 nitrogen and oxygen atoms in total. The van der Waals surface area contributed by atoms with Crippen molar-refractivity contribution in [2.75, 3.05) is 9.80 Å². The molecule has 4 fully saturated rings. The lowest BCUT2D eigenvalue weighted by atomic mass is 9.80. The number of carbonyl (C=O) groups excluding carboxylic acids is 1. The van der Waals surface area contributed by atoms with E-state index in [0.29, 0.717) is 24.2 Å². The molecular weight excluding hydrogens is 444 g/mol. The van der Waals surface area contributed by atoms with E-state index in [-0.39, 0.29) is 5.92 Å². The Labute approximate surface area is 212 Å². The number of hydrogen-bond donors (Lipinski definition) is 0. The van der Waals surface area contributed by atoms with Gasteiger partial charge in [0.05, 0.1) is 0 Å². The lowest BCUT2D eigenvalue weighted by Gasteiger charge is -2.33. The van der Waals surface area contributed by atoms with Gasteiger partial charge in [-0.2, -0.15) is 0 Å². The van der Waals surface area contributed by atoms with Gasteiger partial charge in [0.2, 0.25) is 0 Å². The van der Waals surface area contributed by atoms with Crippen LogP contribution in [0, 0.1) is 0 Å². The minimum absolute atomic E-state index is 0.0150. The van der Waals surface area contributed by atoms with E-state index < -0.39 is 0 Å². The van der Waals surface area contributed by atoms with Crippen LogP contribution in [-0.4, -0.2) is 30.5 Å². The monoisotopic (exact) mass is 476 g/mol. The standard InChI is InChI=1S/C32H32N2O2/c35-19-20-3-1-2-4-27(20)32-28-15-13-25(33-21-5-6-22(33)8-7-21)17-30(28)36-31-18-26(14-16-29(31)32)34-23-9-10-24(34)12-11-23/h1-4,13-19,21-24,32H,5-12H2. The van der Waals surface area contributed by atoms with E-state index in [1.165, 1.54) is 62.7 Å². The van der Waals surface area contributed by atoms with Crippen molar-refractivity contribution in [1.29, 1.82) is 0 Å². The third kappa shape index (κ3) is 2.96. The molecule has 3 aromatic rings. The van der Waals surface area contributed by atoms with Crippen LogP contribution in [0.3, 0.4) is 0 Å². The Hall–Kier alpha value is -3.27. The molecule has 5 heterocycles. The Morgan fingerprint density at radius 2 is 1.08 bits per heavy atom. The van der Waals surface area contributed by atoms with Crippen LogP contribution >= 0.6 is 0 Å². The molecule has 0 amide bonds. The molecule has 0 aliphatic carbocycles. The molecule has 8 rings (SSSR count). The van der Waals surface area contributed by atoms with Gasteiger partial charge < -0.3 is 14.5 Å². The zero-order valence-corrected chi connectivity index (χ0v) is 20.6. The van der Waals surface area contributed by atoms with E-state index >= 15 is 0 Å². The lowest BCUT2D eigenvalue weighted by Crippen LogP contribution is -2.28. The Balaban J connectivity index is 1.26. The summed E-state index contributed by atoms with van der Waals surface area (Å²) in [5.74, 6) is 1.87. The largest absolute Gasteiger partial charge is 0.457 e. The Kier molecular flexibility index (Phi) is 4.56. The molecule has 0 aromatic heterocycles. The van der Waals surface area contributed by atoms with Gasteiger partial charge in [0.15, 0.2) is 0 Å². The van der Waals surface area contributed by atoms with E-state index in [0.717, 1.165) is 40.0 Å². The molecule has 4 saturated heterocycles. The van der Waals surface area contributed by atoms with Crippen molar-refractivity contribution >= 4 is 17.7 Å². The Morgan fingerprint density at radius 1 is 0.611 bits per heavy atom. The van der Waals surface area contributed by atoms with Crippen molar-refractivity contribution in [1.82, 2.24) is 0 Å². The van der Waals surface area contributed by atoms with E-state index in [1.54, 1.807) is 0 Å². The van der Waals surface area contributed by atoms with Crippen LogP contribution in [0.25, 0.3) is 0 Å². The van der Waals surface area contributed by atoms with Crippen LogP contribution in [0.2, 0.25) is 0 Å². The molecule has 3 aromatic carbocycles.